The van der Waals surface area contributed by atoms with Gasteiger partial charge in [-0.1, -0.05) is 6.07 Å². The molecule has 1 heterocycles. The van der Waals surface area contributed by atoms with Crippen molar-refractivity contribution in [3.8, 4) is 11.5 Å². The Balaban J connectivity index is 2.03. The van der Waals surface area contributed by atoms with Crippen molar-refractivity contribution in [3.05, 3.63) is 23.8 Å². The summed E-state index contributed by atoms with van der Waals surface area (Å²) in [5, 5.41) is 8.63. The molecule has 1 amide bonds. The standard InChI is InChI=1S/C13H15NO5/c1-14(8-13(16)17)12(15)7-9-2-3-10-11(6-9)19-5-4-18-10/h2-3,6H,4-5,7-8H2,1H3,(H,16,17). The van der Waals surface area contributed by atoms with Crippen LogP contribution in [0.5, 0.6) is 11.5 Å². The number of carboxylic acid groups (broad SMARTS) is 1. The van der Waals surface area contributed by atoms with Gasteiger partial charge in [-0.25, -0.2) is 0 Å². The first kappa shape index (κ1) is 13.2. The molecule has 6 nitrogen and oxygen atoms in total. The van der Waals surface area contributed by atoms with Crippen LogP contribution >= 0.6 is 0 Å². The molecule has 1 N–H and O–H groups in total. The predicted octanol–water partition coefficient (Wildman–Crippen LogP) is 0.543. The van der Waals surface area contributed by atoms with E-state index in [1.165, 1.54) is 11.9 Å². The minimum Gasteiger partial charge on any atom is -0.486 e. The molecule has 0 bridgehead atoms. The van der Waals surface area contributed by atoms with Crippen molar-refractivity contribution < 1.29 is 24.2 Å². The molecule has 6 heteroatoms. The van der Waals surface area contributed by atoms with Gasteiger partial charge in [0.1, 0.15) is 19.8 Å². The lowest BCUT2D eigenvalue weighted by molar-refractivity contribution is -0.143. The highest BCUT2D eigenvalue weighted by atomic mass is 16.6. The summed E-state index contributed by atoms with van der Waals surface area (Å²) in [7, 11) is 1.47. The van der Waals surface area contributed by atoms with Gasteiger partial charge >= 0.3 is 5.97 Å². The topological polar surface area (TPSA) is 76.1 Å². The fourth-order valence-electron chi connectivity index (χ4n) is 1.80. The highest BCUT2D eigenvalue weighted by Crippen LogP contribution is 2.30. The molecule has 0 aromatic heterocycles. The summed E-state index contributed by atoms with van der Waals surface area (Å²) in [6.07, 6.45) is 0.139. The van der Waals surface area contributed by atoms with Gasteiger partial charge in [0.25, 0.3) is 0 Å². The number of amides is 1. The first-order valence-corrected chi connectivity index (χ1v) is 5.90. The summed E-state index contributed by atoms with van der Waals surface area (Å²) in [5.74, 6) is 0.0101. The Morgan fingerprint density at radius 1 is 1.26 bits per heavy atom. The summed E-state index contributed by atoms with van der Waals surface area (Å²) >= 11 is 0. The third kappa shape index (κ3) is 3.37. The number of carboxylic acids is 1. The highest BCUT2D eigenvalue weighted by Gasteiger charge is 2.16. The van der Waals surface area contributed by atoms with Crippen LogP contribution in [-0.4, -0.2) is 48.7 Å². The highest BCUT2D eigenvalue weighted by molar-refractivity contribution is 5.82. The molecule has 19 heavy (non-hydrogen) atoms. The van der Waals surface area contributed by atoms with Gasteiger partial charge in [-0.2, -0.15) is 0 Å². The van der Waals surface area contributed by atoms with E-state index >= 15 is 0 Å². The Morgan fingerprint density at radius 2 is 1.95 bits per heavy atom. The lowest BCUT2D eigenvalue weighted by Gasteiger charge is -2.19. The van der Waals surface area contributed by atoms with Gasteiger partial charge in [0.05, 0.1) is 6.42 Å². The average Bonchev–Trinajstić information content (AvgIpc) is 2.37. The molecule has 1 aliphatic heterocycles. The molecular weight excluding hydrogens is 250 g/mol. The molecule has 1 aliphatic rings. The average molecular weight is 265 g/mol. The molecule has 0 unspecified atom stereocenters. The third-order valence-corrected chi connectivity index (χ3v) is 2.76. The van der Waals surface area contributed by atoms with Crippen LogP contribution in [-0.2, 0) is 16.0 Å². The number of ether oxygens (including phenoxy) is 2. The third-order valence-electron chi connectivity index (χ3n) is 2.76. The Labute approximate surface area is 110 Å². The lowest BCUT2D eigenvalue weighted by Crippen LogP contribution is -2.33. The second-order valence-corrected chi connectivity index (χ2v) is 4.30. The van der Waals surface area contributed by atoms with E-state index in [4.69, 9.17) is 14.6 Å². The molecule has 0 aliphatic carbocycles. The molecular formula is C13H15NO5. The minimum atomic E-state index is -1.03. The molecule has 0 atom stereocenters. The van der Waals surface area contributed by atoms with Crippen LogP contribution in [0.2, 0.25) is 0 Å². The van der Waals surface area contributed by atoms with Gasteiger partial charge in [0.2, 0.25) is 5.91 Å². The van der Waals surface area contributed by atoms with E-state index in [1.807, 2.05) is 0 Å². The van der Waals surface area contributed by atoms with E-state index < -0.39 is 5.97 Å². The zero-order valence-corrected chi connectivity index (χ0v) is 10.6. The Bertz CT molecular complexity index is 500. The maximum absolute atomic E-state index is 11.8. The minimum absolute atomic E-state index is 0.139. The fraction of sp³-hybridized carbons (Fsp3) is 0.385. The van der Waals surface area contributed by atoms with E-state index in [9.17, 15) is 9.59 Å². The zero-order chi connectivity index (χ0) is 13.8. The molecule has 0 radical (unpaired) electrons. The van der Waals surface area contributed by atoms with Gasteiger partial charge in [0.15, 0.2) is 11.5 Å². The normalized spacial score (nSPS) is 12.9. The van der Waals surface area contributed by atoms with Crippen LogP contribution in [0.1, 0.15) is 5.56 Å². The van der Waals surface area contributed by atoms with Crippen molar-refractivity contribution in [2.45, 2.75) is 6.42 Å². The number of nitrogens with zero attached hydrogens (tertiary/aromatic N) is 1. The van der Waals surface area contributed by atoms with E-state index in [0.29, 0.717) is 24.7 Å². The summed E-state index contributed by atoms with van der Waals surface area (Å²) < 4.78 is 10.8. The SMILES string of the molecule is CN(CC(=O)O)C(=O)Cc1ccc2c(c1)OCCO2. The van der Waals surface area contributed by atoms with Gasteiger partial charge in [0, 0.05) is 7.05 Å². The molecule has 0 spiro atoms. The monoisotopic (exact) mass is 265 g/mol. The second kappa shape index (κ2) is 5.60. The van der Waals surface area contributed by atoms with Crippen molar-refractivity contribution in [2.24, 2.45) is 0 Å². The predicted molar refractivity (Wildman–Crippen MR) is 66.4 cm³/mol. The van der Waals surface area contributed by atoms with E-state index in [1.54, 1.807) is 18.2 Å². The maximum atomic E-state index is 11.8. The van der Waals surface area contributed by atoms with Crippen molar-refractivity contribution in [3.63, 3.8) is 0 Å². The summed E-state index contributed by atoms with van der Waals surface area (Å²) in [4.78, 5) is 23.5. The molecule has 1 aromatic carbocycles. The van der Waals surface area contributed by atoms with Crippen LogP contribution in [0, 0.1) is 0 Å². The molecule has 0 saturated carbocycles. The smallest absolute Gasteiger partial charge is 0.323 e. The van der Waals surface area contributed by atoms with Crippen molar-refractivity contribution >= 4 is 11.9 Å². The fourth-order valence-corrected chi connectivity index (χ4v) is 1.80. The van der Waals surface area contributed by atoms with Crippen LogP contribution in [0.3, 0.4) is 0 Å². The molecule has 0 saturated heterocycles. The van der Waals surface area contributed by atoms with E-state index in [-0.39, 0.29) is 18.9 Å². The van der Waals surface area contributed by atoms with Crippen molar-refractivity contribution in [1.29, 1.82) is 0 Å². The summed E-state index contributed by atoms with van der Waals surface area (Å²) in [6, 6.07) is 5.29. The van der Waals surface area contributed by atoms with Crippen LogP contribution in [0.4, 0.5) is 0 Å². The number of aliphatic carboxylic acids is 1. The van der Waals surface area contributed by atoms with Crippen LogP contribution in [0.25, 0.3) is 0 Å². The number of carbonyl (C=O) groups excluding carboxylic acids is 1. The Hall–Kier alpha value is -2.24. The summed E-state index contributed by atoms with van der Waals surface area (Å²) in [5.41, 5.74) is 0.770. The number of hydrogen-bond acceptors (Lipinski definition) is 4. The van der Waals surface area contributed by atoms with E-state index in [2.05, 4.69) is 0 Å². The van der Waals surface area contributed by atoms with Gasteiger partial charge in [-0.3, -0.25) is 9.59 Å². The lowest BCUT2D eigenvalue weighted by atomic mass is 10.1. The number of rotatable bonds is 4. The molecule has 102 valence electrons. The van der Waals surface area contributed by atoms with Crippen molar-refractivity contribution in [1.82, 2.24) is 4.90 Å². The van der Waals surface area contributed by atoms with Crippen molar-refractivity contribution in [2.75, 3.05) is 26.8 Å². The zero-order valence-electron chi connectivity index (χ0n) is 10.6. The second-order valence-electron chi connectivity index (χ2n) is 4.30. The first-order chi connectivity index (χ1) is 9.06. The largest absolute Gasteiger partial charge is 0.486 e. The van der Waals surface area contributed by atoms with Crippen LogP contribution < -0.4 is 9.47 Å². The van der Waals surface area contributed by atoms with Gasteiger partial charge in [-0.15, -0.1) is 0 Å². The number of hydrogen-bond donors (Lipinski definition) is 1. The molecule has 1 aromatic rings. The van der Waals surface area contributed by atoms with Gasteiger partial charge < -0.3 is 19.5 Å². The number of benzene rings is 1. The van der Waals surface area contributed by atoms with Crippen LogP contribution in [0.15, 0.2) is 18.2 Å². The maximum Gasteiger partial charge on any atom is 0.323 e. The summed E-state index contributed by atoms with van der Waals surface area (Å²) in [6.45, 7) is 0.708. The first-order valence-electron chi connectivity index (χ1n) is 5.90. The quantitative estimate of drug-likeness (QED) is 0.860. The molecule has 2 rings (SSSR count). The van der Waals surface area contributed by atoms with Gasteiger partial charge in [-0.05, 0) is 17.7 Å². The Morgan fingerprint density at radius 3 is 2.63 bits per heavy atom. The van der Waals surface area contributed by atoms with E-state index in [0.717, 1.165) is 5.56 Å². The number of carbonyl (C=O) groups is 2. The molecule has 0 fully saturated rings. The Kier molecular flexibility index (Phi) is 3.89. The number of fused-ring (bicyclic) bond motifs is 1. The number of likely N-dealkylation sites (N-methyl/N-ethyl adjacent to an activating group) is 1.